The summed E-state index contributed by atoms with van der Waals surface area (Å²) in [7, 11) is 0. The van der Waals surface area contributed by atoms with Gasteiger partial charge in [0.15, 0.2) is 0 Å². The highest BCUT2D eigenvalue weighted by atomic mass is 19.4. The first-order valence-electron chi connectivity index (χ1n) is 4.30. The normalized spacial score (nSPS) is 18.3. The van der Waals surface area contributed by atoms with E-state index in [1.165, 1.54) is 0 Å². The molecule has 1 saturated carbocycles. The van der Waals surface area contributed by atoms with Crippen molar-refractivity contribution in [1.82, 2.24) is 9.97 Å². The summed E-state index contributed by atoms with van der Waals surface area (Å²) in [4.78, 5) is 7.11. The van der Waals surface area contributed by atoms with E-state index in [1.54, 1.807) is 0 Å². The number of nitriles is 1. The van der Waals surface area contributed by atoms with Gasteiger partial charge >= 0.3 is 6.18 Å². The fourth-order valence-corrected chi connectivity index (χ4v) is 1.26. The van der Waals surface area contributed by atoms with Crippen LogP contribution in [0.15, 0.2) is 12.3 Å². The molecule has 0 spiro atoms. The molecule has 1 aliphatic rings. The fourth-order valence-electron chi connectivity index (χ4n) is 1.26. The minimum Gasteiger partial charge on any atom is -0.240 e. The van der Waals surface area contributed by atoms with Crippen LogP contribution in [0.4, 0.5) is 13.2 Å². The summed E-state index contributed by atoms with van der Waals surface area (Å²) in [5.74, 6) is -0.0141. The van der Waals surface area contributed by atoms with Gasteiger partial charge < -0.3 is 0 Å². The number of aromatic nitrogens is 2. The third-order valence-electron chi connectivity index (χ3n) is 2.34. The highest BCUT2D eigenvalue weighted by molar-refractivity contribution is 5.30. The van der Waals surface area contributed by atoms with Crippen molar-refractivity contribution in [1.29, 1.82) is 5.26 Å². The van der Waals surface area contributed by atoms with Crippen LogP contribution in [0, 0.1) is 11.3 Å². The molecule has 0 bridgehead atoms. The van der Waals surface area contributed by atoms with Crippen molar-refractivity contribution >= 4 is 0 Å². The Labute approximate surface area is 83.6 Å². The number of alkyl halides is 3. The van der Waals surface area contributed by atoms with Crippen LogP contribution in [0.25, 0.3) is 0 Å². The molecule has 0 aliphatic heterocycles. The maximum Gasteiger partial charge on any atom is 0.433 e. The van der Waals surface area contributed by atoms with E-state index in [0.717, 1.165) is 12.3 Å². The van der Waals surface area contributed by atoms with Crippen LogP contribution in [-0.4, -0.2) is 9.97 Å². The second-order valence-electron chi connectivity index (χ2n) is 3.46. The van der Waals surface area contributed by atoms with Gasteiger partial charge in [-0.05, 0) is 18.9 Å². The molecule has 1 aromatic rings. The third-order valence-corrected chi connectivity index (χ3v) is 2.34. The molecule has 6 heteroatoms. The summed E-state index contributed by atoms with van der Waals surface area (Å²) in [6.45, 7) is 0. The second kappa shape index (κ2) is 2.92. The minimum atomic E-state index is -4.48. The van der Waals surface area contributed by atoms with E-state index < -0.39 is 17.3 Å². The molecule has 3 nitrogen and oxygen atoms in total. The monoisotopic (exact) mass is 213 g/mol. The van der Waals surface area contributed by atoms with Gasteiger partial charge in [-0.3, -0.25) is 0 Å². The van der Waals surface area contributed by atoms with Crippen molar-refractivity contribution in [3.8, 4) is 6.07 Å². The summed E-state index contributed by atoms with van der Waals surface area (Å²) in [6, 6.07) is 2.76. The zero-order chi connectivity index (χ0) is 11.1. The molecule has 1 aromatic heterocycles. The van der Waals surface area contributed by atoms with Gasteiger partial charge in [-0.2, -0.15) is 18.4 Å². The SMILES string of the molecule is N#CC1(c2nccc(C(F)(F)F)n2)CC1. The van der Waals surface area contributed by atoms with Crippen molar-refractivity contribution < 1.29 is 13.2 Å². The molecule has 0 unspecified atom stereocenters. The van der Waals surface area contributed by atoms with Gasteiger partial charge in [-0.25, -0.2) is 9.97 Å². The van der Waals surface area contributed by atoms with Crippen LogP contribution < -0.4 is 0 Å². The molecule has 1 aliphatic carbocycles. The molecule has 0 atom stereocenters. The van der Waals surface area contributed by atoms with Crippen LogP contribution in [0.3, 0.4) is 0 Å². The number of hydrogen-bond donors (Lipinski definition) is 0. The quantitative estimate of drug-likeness (QED) is 0.717. The fraction of sp³-hybridized carbons (Fsp3) is 0.444. The van der Waals surface area contributed by atoms with Crippen molar-refractivity contribution in [2.75, 3.05) is 0 Å². The Bertz CT molecular complexity index is 429. The highest BCUT2D eigenvalue weighted by Gasteiger charge is 2.48. The molecule has 0 N–H and O–H groups in total. The Morgan fingerprint density at radius 2 is 2.07 bits per heavy atom. The van der Waals surface area contributed by atoms with Crippen molar-refractivity contribution in [2.24, 2.45) is 0 Å². The summed E-state index contributed by atoms with van der Waals surface area (Å²) in [6.07, 6.45) is -2.37. The molecule has 0 radical (unpaired) electrons. The number of nitrogens with zero attached hydrogens (tertiary/aromatic N) is 3. The highest BCUT2D eigenvalue weighted by Crippen LogP contribution is 2.46. The second-order valence-corrected chi connectivity index (χ2v) is 3.46. The average molecular weight is 213 g/mol. The maximum absolute atomic E-state index is 12.3. The Balaban J connectivity index is 2.41. The molecular formula is C9H6F3N3. The van der Waals surface area contributed by atoms with E-state index in [2.05, 4.69) is 9.97 Å². The van der Waals surface area contributed by atoms with Gasteiger partial charge in [0.05, 0.1) is 6.07 Å². The Morgan fingerprint density at radius 1 is 1.40 bits per heavy atom. The number of halogens is 3. The summed E-state index contributed by atoms with van der Waals surface area (Å²) >= 11 is 0. The maximum atomic E-state index is 12.3. The van der Waals surface area contributed by atoms with Gasteiger partial charge in [-0.15, -0.1) is 0 Å². The smallest absolute Gasteiger partial charge is 0.240 e. The van der Waals surface area contributed by atoms with E-state index in [-0.39, 0.29) is 5.82 Å². The molecule has 78 valence electrons. The zero-order valence-corrected chi connectivity index (χ0v) is 7.54. The summed E-state index contributed by atoms with van der Waals surface area (Å²) in [5.41, 5.74) is -1.87. The van der Waals surface area contributed by atoms with Crippen LogP contribution in [0.1, 0.15) is 24.4 Å². The standard InChI is InChI=1S/C9H6F3N3/c10-9(11,12)6-1-4-14-7(15-6)8(5-13)2-3-8/h1,4H,2-3H2. The van der Waals surface area contributed by atoms with Gasteiger partial charge in [0.25, 0.3) is 0 Å². The lowest BCUT2D eigenvalue weighted by atomic mass is 10.1. The lowest BCUT2D eigenvalue weighted by Gasteiger charge is -2.08. The Hall–Kier alpha value is -1.64. The predicted molar refractivity (Wildman–Crippen MR) is 43.6 cm³/mol. The molecule has 0 amide bonds. The van der Waals surface area contributed by atoms with Gasteiger partial charge in [0.2, 0.25) is 0 Å². The van der Waals surface area contributed by atoms with Gasteiger partial charge in [0.1, 0.15) is 16.9 Å². The number of hydrogen-bond acceptors (Lipinski definition) is 3. The Kier molecular flexibility index (Phi) is 1.93. The molecule has 1 fully saturated rings. The van der Waals surface area contributed by atoms with Crippen LogP contribution in [0.2, 0.25) is 0 Å². The molecule has 2 rings (SSSR count). The predicted octanol–water partition coefficient (Wildman–Crippen LogP) is 2.05. The van der Waals surface area contributed by atoms with Crippen LogP contribution in [0.5, 0.6) is 0 Å². The van der Waals surface area contributed by atoms with Crippen LogP contribution >= 0.6 is 0 Å². The van der Waals surface area contributed by atoms with Gasteiger partial charge in [-0.1, -0.05) is 0 Å². The zero-order valence-electron chi connectivity index (χ0n) is 7.54. The average Bonchev–Trinajstić information content (AvgIpc) is 2.97. The molecule has 1 heterocycles. The van der Waals surface area contributed by atoms with E-state index in [0.29, 0.717) is 12.8 Å². The molecule has 0 saturated heterocycles. The largest absolute Gasteiger partial charge is 0.433 e. The van der Waals surface area contributed by atoms with Crippen molar-refractivity contribution in [2.45, 2.75) is 24.4 Å². The summed E-state index contributed by atoms with van der Waals surface area (Å²) < 4.78 is 36.9. The van der Waals surface area contributed by atoms with E-state index in [9.17, 15) is 13.2 Å². The van der Waals surface area contributed by atoms with E-state index in [4.69, 9.17) is 5.26 Å². The first-order chi connectivity index (χ1) is 6.98. The summed E-state index contributed by atoms with van der Waals surface area (Å²) in [5, 5.41) is 8.79. The third kappa shape index (κ3) is 1.65. The Morgan fingerprint density at radius 3 is 2.53 bits per heavy atom. The van der Waals surface area contributed by atoms with E-state index in [1.807, 2.05) is 6.07 Å². The van der Waals surface area contributed by atoms with Gasteiger partial charge in [0, 0.05) is 6.20 Å². The minimum absolute atomic E-state index is 0.0141. The first kappa shape index (κ1) is 9.90. The number of rotatable bonds is 1. The lowest BCUT2D eigenvalue weighted by molar-refractivity contribution is -0.141. The molecule has 15 heavy (non-hydrogen) atoms. The van der Waals surface area contributed by atoms with Crippen LogP contribution in [-0.2, 0) is 11.6 Å². The van der Waals surface area contributed by atoms with Crippen molar-refractivity contribution in [3.63, 3.8) is 0 Å². The van der Waals surface area contributed by atoms with E-state index >= 15 is 0 Å². The molecular weight excluding hydrogens is 207 g/mol. The lowest BCUT2D eigenvalue weighted by Crippen LogP contribution is -2.15. The topological polar surface area (TPSA) is 49.6 Å². The molecule has 0 aromatic carbocycles. The first-order valence-corrected chi connectivity index (χ1v) is 4.30. The van der Waals surface area contributed by atoms with Crippen molar-refractivity contribution in [3.05, 3.63) is 23.8 Å².